The molecule has 0 heterocycles. The molecule has 8 nitrogen and oxygen atoms in total. The van der Waals surface area contributed by atoms with E-state index in [0.717, 1.165) is 0 Å². The molecule has 1 aromatic carbocycles. The number of benzene rings is 1. The number of aliphatic hydroxyl groups is 2. The number of hydrogen-bond acceptors (Lipinski definition) is 6. The van der Waals surface area contributed by atoms with Crippen molar-refractivity contribution in [3.8, 4) is 0 Å². The van der Waals surface area contributed by atoms with Crippen molar-refractivity contribution in [3.63, 3.8) is 0 Å². The zero-order valence-corrected chi connectivity index (χ0v) is 11.1. The highest BCUT2D eigenvalue weighted by Crippen LogP contribution is 2.26. The number of aliphatic hydroxyl groups excluding tert-OH is 2. The zero-order valence-electron chi connectivity index (χ0n) is 11.1. The van der Waals surface area contributed by atoms with Crippen molar-refractivity contribution in [3.05, 3.63) is 39.3 Å². The fourth-order valence-electron chi connectivity index (χ4n) is 1.69. The molecule has 0 saturated carbocycles. The van der Waals surface area contributed by atoms with Crippen LogP contribution < -0.4 is 5.73 Å². The molecule has 4 N–H and O–H groups in total. The Balaban J connectivity index is 3.15. The highest BCUT2D eigenvalue weighted by atomic mass is 16.5. The van der Waals surface area contributed by atoms with Crippen LogP contribution in [0.25, 0.3) is 10.4 Å². The van der Waals surface area contributed by atoms with E-state index in [0.29, 0.717) is 5.56 Å². The fourth-order valence-corrected chi connectivity index (χ4v) is 1.69. The summed E-state index contributed by atoms with van der Waals surface area (Å²) >= 11 is 0. The number of methoxy groups -OCH3 is 1. The van der Waals surface area contributed by atoms with E-state index >= 15 is 0 Å². The van der Waals surface area contributed by atoms with Crippen LogP contribution in [0.15, 0.2) is 17.2 Å². The van der Waals surface area contributed by atoms with Gasteiger partial charge in [0, 0.05) is 10.6 Å². The van der Waals surface area contributed by atoms with Gasteiger partial charge in [-0.1, -0.05) is 5.11 Å². The molecule has 0 aliphatic rings. The minimum Gasteiger partial charge on any atom is -0.465 e. The molecule has 0 fully saturated rings. The minimum absolute atomic E-state index is 0.206. The van der Waals surface area contributed by atoms with Crippen molar-refractivity contribution >= 4 is 11.7 Å². The van der Waals surface area contributed by atoms with Crippen LogP contribution >= 0.6 is 0 Å². The molecule has 8 heteroatoms. The number of ether oxygens (including phenoxy) is 1. The van der Waals surface area contributed by atoms with Crippen molar-refractivity contribution in [2.75, 3.05) is 19.4 Å². The van der Waals surface area contributed by atoms with Crippen molar-refractivity contribution in [2.24, 2.45) is 5.11 Å². The van der Waals surface area contributed by atoms with Gasteiger partial charge < -0.3 is 20.7 Å². The predicted octanol–water partition coefficient (Wildman–Crippen LogP) is 1.07. The molecule has 2 atom stereocenters. The molecular weight excluding hydrogens is 264 g/mol. The van der Waals surface area contributed by atoms with E-state index in [1.165, 1.54) is 19.2 Å². The SMILES string of the molecule is COC(=O)c1cc(C(O)C(O)CN=[N+]=[N-])cc(N)c1C. The van der Waals surface area contributed by atoms with Crippen LogP contribution in [0.2, 0.25) is 0 Å². The third kappa shape index (κ3) is 3.39. The molecule has 0 aliphatic carbocycles. The first-order chi connectivity index (χ1) is 9.42. The van der Waals surface area contributed by atoms with E-state index in [4.69, 9.17) is 11.3 Å². The second-order valence-electron chi connectivity index (χ2n) is 4.20. The molecule has 20 heavy (non-hydrogen) atoms. The Morgan fingerprint density at radius 3 is 2.75 bits per heavy atom. The average Bonchev–Trinajstić information content (AvgIpc) is 2.45. The van der Waals surface area contributed by atoms with E-state index in [-0.39, 0.29) is 23.4 Å². The second kappa shape index (κ2) is 6.76. The number of carbonyl (C=O) groups excluding carboxylic acids is 1. The van der Waals surface area contributed by atoms with E-state index in [1.807, 2.05) is 0 Å². The van der Waals surface area contributed by atoms with Crippen LogP contribution in [0.3, 0.4) is 0 Å². The molecule has 2 unspecified atom stereocenters. The van der Waals surface area contributed by atoms with Crippen LogP contribution in [0.4, 0.5) is 5.69 Å². The van der Waals surface area contributed by atoms with Crippen LogP contribution in [0, 0.1) is 6.92 Å². The first-order valence-electron chi connectivity index (χ1n) is 5.77. The van der Waals surface area contributed by atoms with Crippen molar-refractivity contribution < 1.29 is 19.7 Å². The highest BCUT2D eigenvalue weighted by Gasteiger charge is 2.21. The van der Waals surface area contributed by atoms with Crippen LogP contribution in [-0.2, 0) is 4.74 Å². The second-order valence-corrected chi connectivity index (χ2v) is 4.20. The van der Waals surface area contributed by atoms with Gasteiger partial charge in [0.2, 0.25) is 0 Å². The van der Waals surface area contributed by atoms with Gasteiger partial charge in [-0.2, -0.15) is 0 Å². The van der Waals surface area contributed by atoms with Gasteiger partial charge in [-0.05, 0) is 35.7 Å². The first-order valence-corrected chi connectivity index (χ1v) is 5.77. The van der Waals surface area contributed by atoms with Gasteiger partial charge in [-0.15, -0.1) is 0 Å². The van der Waals surface area contributed by atoms with Crippen LogP contribution in [0.5, 0.6) is 0 Å². The lowest BCUT2D eigenvalue weighted by Gasteiger charge is -2.18. The molecule has 1 rings (SSSR count). The molecule has 0 bridgehead atoms. The summed E-state index contributed by atoms with van der Waals surface area (Å²) in [5.74, 6) is -0.590. The van der Waals surface area contributed by atoms with Gasteiger partial charge in [-0.3, -0.25) is 0 Å². The van der Waals surface area contributed by atoms with E-state index in [9.17, 15) is 15.0 Å². The Morgan fingerprint density at radius 1 is 1.55 bits per heavy atom. The van der Waals surface area contributed by atoms with Gasteiger partial charge in [0.15, 0.2) is 0 Å². The van der Waals surface area contributed by atoms with Gasteiger partial charge >= 0.3 is 5.97 Å². The largest absolute Gasteiger partial charge is 0.465 e. The number of anilines is 1. The Bertz CT molecular complexity index is 555. The lowest BCUT2D eigenvalue weighted by Crippen LogP contribution is -2.22. The molecule has 0 radical (unpaired) electrons. The summed E-state index contributed by atoms with van der Waals surface area (Å²) in [6.45, 7) is 1.35. The highest BCUT2D eigenvalue weighted by molar-refractivity contribution is 5.92. The van der Waals surface area contributed by atoms with Gasteiger partial charge in [0.1, 0.15) is 6.10 Å². The quantitative estimate of drug-likeness (QED) is 0.243. The van der Waals surface area contributed by atoms with Crippen LogP contribution in [-0.4, -0.2) is 35.9 Å². The Labute approximate surface area is 115 Å². The number of nitrogens with two attached hydrogens (primary N) is 1. The van der Waals surface area contributed by atoms with E-state index in [2.05, 4.69) is 14.8 Å². The number of hydrogen-bond donors (Lipinski definition) is 3. The minimum atomic E-state index is -1.33. The van der Waals surface area contributed by atoms with Gasteiger partial charge in [0.05, 0.1) is 25.3 Å². The number of azide groups is 1. The number of nitrogen functional groups attached to an aromatic ring is 1. The Morgan fingerprint density at radius 2 is 2.20 bits per heavy atom. The normalized spacial score (nSPS) is 13.2. The molecule has 0 spiro atoms. The van der Waals surface area contributed by atoms with E-state index in [1.54, 1.807) is 6.92 Å². The molecule has 1 aromatic rings. The number of nitrogens with zero attached hydrogens (tertiary/aromatic N) is 3. The monoisotopic (exact) mass is 280 g/mol. The van der Waals surface area contributed by atoms with Crippen molar-refractivity contribution in [1.82, 2.24) is 0 Å². The summed E-state index contributed by atoms with van der Waals surface area (Å²) in [7, 11) is 1.23. The zero-order chi connectivity index (χ0) is 15.3. The standard InChI is InChI=1S/C12H16N4O4/c1-6-8(12(19)20-2)3-7(4-9(6)13)11(18)10(17)5-15-16-14/h3-4,10-11,17-18H,5,13H2,1-2H3. The van der Waals surface area contributed by atoms with Crippen LogP contribution in [0.1, 0.15) is 27.6 Å². The van der Waals surface area contributed by atoms with Crippen molar-refractivity contribution in [1.29, 1.82) is 0 Å². The summed E-state index contributed by atoms with van der Waals surface area (Å²) in [4.78, 5) is 14.1. The fraction of sp³-hybridized carbons (Fsp3) is 0.417. The Hall–Kier alpha value is -2.28. The molecule has 0 aromatic heterocycles. The summed E-state index contributed by atoms with van der Waals surface area (Å²) in [5, 5.41) is 22.8. The average molecular weight is 280 g/mol. The third-order valence-corrected chi connectivity index (χ3v) is 2.91. The van der Waals surface area contributed by atoms with E-state index < -0.39 is 18.2 Å². The lowest BCUT2D eigenvalue weighted by molar-refractivity contribution is 0.0243. The summed E-state index contributed by atoms with van der Waals surface area (Å²) in [6, 6.07) is 2.84. The maximum absolute atomic E-state index is 11.6. The maximum Gasteiger partial charge on any atom is 0.338 e. The lowest BCUT2D eigenvalue weighted by atomic mass is 9.97. The molecule has 108 valence electrons. The molecule has 0 saturated heterocycles. The smallest absolute Gasteiger partial charge is 0.338 e. The van der Waals surface area contributed by atoms with Gasteiger partial charge in [0.25, 0.3) is 0 Å². The third-order valence-electron chi connectivity index (χ3n) is 2.91. The summed E-state index contributed by atoms with van der Waals surface area (Å²) in [6.07, 6.45) is -2.62. The summed E-state index contributed by atoms with van der Waals surface area (Å²) < 4.78 is 4.63. The summed E-state index contributed by atoms with van der Waals surface area (Å²) in [5.41, 5.74) is 15.2. The van der Waals surface area contributed by atoms with Crippen molar-refractivity contribution in [2.45, 2.75) is 19.1 Å². The number of rotatable bonds is 5. The first kappa shape index (κ1) is 15.8. The Kier molecular flexibility index (Phi) is 5.33. The maximum atomic E-state index is 11.6. The topological polar surface area (TPSA) is 142 Å². The number of esters is 1. The predicted molar refractivity (Wildman–Crippen MR) is 71.9 cm³/mol. The molecular formula is C12H16N4O4. The van der Waals surface area contributed by atoms with Gasteiger partial charge in [-0.25, -0.2) is 4.79 Å². The molecule has 0 aliphatic heterocycles. The number of carbonyl (C=O) groups is 1. The molecule has 0 amide bonds.